The topological polar surface area (TPSA) is 75.5 Å². The maximum absolute atomic E-state index is 13.2. The number of carbonyl (C=O) groups excluding carboxylic acids is 2. The number of benzene rings is 2. The Hall–Kier alpha value is -3.45. The van der Waals surface area contributed by atoms with Gasteiger partial charge in [-0.05, 0) is 56.3 Å². The van der Waals surface area contributed by atoms with Crippen molar-refractivity contribution in [1.29, 1.82) is 0 Å². The zero-order chi connectivity index (χ0) is 21.0. The number of nitrogens with zero attached hydrogens (tertiary/aromatic N) is 2. The summed E-state index contributed by atoms with van der Waals surface area (Å²) in [4.78, 5) is 23.9. The van der Waals surface area contributed by atoms with E-state index in [0.717, 1.165) is 22.6 Å². The molecule has 3 aromatic rings. The van der Waals surface area contributed by atoms with Gasteiger partial charge in [-0.1, -0.05) is 23.7 Å². The third kappa shape index (κ3) is 4.70. The van der Waals surface area contributed by atoms with Crippen LogP contribution >= 0.6 is 11.6 Å². The molecule has 0 unspecified atom stereocenters. The number of halogens is 2. The molecule has 0 aliphatic heterocycles. The molecule has 0 saturated carbocycles. The van der Waals surface area contributed by atoms with Gasteiger partial charge in [0.2, 0.25) is 0 Å². The molecule has 148 valence electrons. The predicted octanol–water partition coefficient (Wildman–Crippen LogP) is 3.98. The summed E-state index contributed by atoms with van der Waals surface area (Å²) in [5, 5.41) is 6.60. The van der Waals surface area contributed by atoms with Gasteiger partial charge in [-0.15, -0.1) is 0 Å². The second kappa shape index (κ2) is 8.70. The maximum Gasteiger partial charge on any atom is 0.329 e. The van der Waals surface area contributed by atoms with Crippen LogP contribution in [0.4, 0.5) is 10.1 Å². The molecule has 2 amide bonds. The van der Waals surface area contributed by atoms with Gasteiger partial charge in [0.15, 0.2) is 0 Å². The van der Waals surface area contributed by atoms with E-state index in [2.05, 4.69) is 15.8 Å². The average molecular weight is 413 g/mol. The zero-order valence-corrected chi connectivity index (χ0v) is 16.5. The van der Waals surface area contributed by atoms with E-state index in [1.807, 2.05) is 24.5 Å². The number of para-hydroxylation sites is 1. The fraction of sp³-hybridized carbons (Fsp3) is 0.0952. The lowest BCUT2D eigenvalue weighted by Crippen LogP contribution is -2.32. The van der Waals surface area contributed by atoms with Crippen LogP contribution in [0.5, 0.6) is 0 Å². The number of nitrogens with one attached hydrogen (secondary N) is 2. The lowest BCUT2D eigenvalue weighted by atomic mass is 10.2. The van der Waals surface area contributed by atoms with Gasteiger partial charge in [-0.25, -0.2) is 9.82 Å². The minimum atomic E-state index is -0.923. The summed E-state index contributed by atoms with van der Waals surface area (Å²) in [6, 6.07) is 14.6. The first-order valence-electron chi connectivity index (χ1n) is 8.70. The molecule has 0 fully saturated rings. The number of aromatic nitrogens is 1. The van der Waals surface area contributed by atoms with Crippen molar-refractivity contribution in [3.8, 4) is 5.69 Å². The lowest BCUT2D eigenvalue weighted by molar-refractivity contribution is -0.136. The molecule has 29 heavy (non-hydrogen) atoms. The monoisotopic (exact) mass is 412 g/mol. The first-order chi connectivity index (χ1) is 13.9. The Morgan fingerprint density at radius 3 is 2.45 bits per heavy atom. The minimum Gasteiger partial charge on any atom is -0.318 e. The van der Waals surface area contributed by atoms with Crippen LogP contribution in [0.2, 0.25) is 5.02 Å². The molecule has 0 radical (unpaired) electrons. The molecule has 0 atom stereocenters. The molecule has 8 heteroatoms. The SMILES string of the molecule is Cc1cc(/C=N\NC(=O)C(=O)Nc2ccccc2Cl)c(C)n1-c1ccc(F)cc1. The van der Waals surface area contributed by atoms with E-state index in [1.165, 1.54) is 18.3 Å². The van der Waals surface area contributed by atoms with Crippen molar-refractivity contribution < 1.29 is 14.0 Å². The van der Waals surface area contributed by atoms with E-state index in [-0.39, 0.29) is 5.82 Å². The van der Waals surface area contributed by atoms with Gasteiger partial charge in [-0.3, -0.25) is 9.59 Å². The number of hydrogen-bond acceptors (Lipinski definition) is 3. The van der Waals surface area contributed by atoms with E-state index in [1.54, 1.807) is 36.4 Å². The highest BCUT2D eigenvalue weighted by atomic mass is 35.5. The van der Waals surface area contributed by atoms with Crippen LogP contribution < -0.4 is 10.7 Å². The van der Waals surface area contributed by atoms with Crippen molar-refractivity contribution in [1.82, 2.24) is 9.99 Å². The molecule has 0 bridgehead atoms. The van der Waals surface area contributed by atoms with E-state index in [4.69, 9.17) is 11.6 Å². The van der Waals surface area contributed by atoms with E-state index >= 15 is 0 Å². The first-order valence-corrected chi connectivity index (χ1v) is 9.08. The highest BCUT2D eigenvalue weighted by molar-refractivity contribution is 6.41. The summed E-state index contributed by atoms with van der Waals surface area (Å²) in [5.74, 6) is -2.11. The van der Waals surface area contributed by atoms with Crippen molar-refractivity contribution in [3.63, 3.8) is 0 Å². The number of hydrogen-bond donors (Lipinski definition) is 2. The van der Waals surface area contributed by atoms with Gasteiger partial charge in [0, 0.05) is 22.6 Å². The normalized spacial score (nSPS) is 10.9. The van der Waals surface area contributed by atoms with E-state index < -0.39 is 11.8 Å². The van der Waals surface area contributed by atoms with Crippen molar-refractivity contribution in [2.24, 2.45) is 5.10 Å². The zero-order valence-electron chi connectivity index (χ0n) is 15.7. The molecule has 3 rings (SSSR count). The number of amides is 2. The third-order valence-corrected chi connectivity index (χ3v) is 4.58. The molecule has 1 aromatic heterocycles. The fourth-order valence-electron chi connectivity index (χ4n) is 2.86. The standard InChI is InChI=1S/C21H18ClFN4O2/c1-13-11-15(14(2)27(13)17-9-7-16(23)8-10-17)12-24-26-21(29)20(28)25-19-6-4-3-5-18(19)22/h3-12H,1-2H3,(H,25,28)(H,26,29)/b24-12-. The van der Waals surface area contributed by atoms with Gasteiger partial charge >= 0.3 is 11.8 Å². The van der Waals surface area contributed by atoms with Crippen LogP contribution in [-0.2, 0) is 9.59 Å². The highest BCUT2D eigenvalue weighted by Gasteiger charge is 2.14. The Morgan fingerprint density at radius 1 is 1.07 bits per heavy atom. The molecule has 0 saturated heterocycles. The molecule has 1 heterocycles. The molecule has 0 aliphatic rings. The summed E-state index contributed by atoms with van der Waals surface area (Å²) in [6.45, 7) is 3.78. The molecule has 0 aliphatic carbocycles. The second-order valence-electron chi connectivity index (χ2n) is 6.27. The molecular weight excluding hydrogens is 395 g/mol. The Morgan fingerprint density at radius 2 is 1.76 bits per heavy atom. The Labute approximate surface area is 172 Å². The Bertz CT molecular complexity index is 1090. The summed E-state index contributed by atoms with van der Waals surface area (Å²) in [6.07, 6.45) is 1.45. The number of rotatable bonds is 4. The van der Waals surface area contributed by atoms with Crippen molar-refractivity contribution in [2.75, 3.05) is 5.32 Å². The molecular formula is C21H18ClFN4O2. The number of aryl methyl sites for hydroxylation is 1. The van der Waals surface area contributed by atoms with Crippen molar-refractivity contribution in [2.45, 2.75) is 13.8 Å². The van der Waals surface area contributed by atoms with Crippen molar-refractivity contribution in [3.05, 3.63) is 82.4 Å². The molecule has 0 spiro atoms. The second-order valence-corrected chi connectivity index (χ2v) is 6.68. The summed E-state index contributed by atoms with van der Waals surface area (Å²) < 4.78 is 15.1. The average Bonchev–Trinajstić information content (AvgIpc) is 2.97. The van der Waals surface area contributed by atoms with Gasteiger partial charge in [0.05, 0.1) is 16.9 Å². The number of hydrazone groups is 1. The summed E-state index contributed by atoms with van der Waals surface area (Å²) in [7, 11) is 0. The third-order valence-electron chi connectivity index (χ3n) is 4.25. The first kappa shape index (κ1) is 20.3. The largest absolute Gasteiger partial charge is 0.329 e. The van der Waals surface area contributed by atoms with Crippen LogP contribution in [0.15, 0.2) is 59.7 Å². The summed E-state index contributed by atoms with van der Waals surface area (Å²) >= 11 is 5.95. The maximum atomic E-state index is 13.2. The van der Waals surface area contributed by atoms with Gasteiger partial charge < -0.3 is 9.88 Å². The smallest absolute Gasteiger partial charge is 0.318 e. The van der Waals surface area contributed by atoms with Crippen LogP contribution in [-0.4, -0.2) is 22.6 Å². The fourth-order valence-corrected chi connectivity index (χ4v) is 3.04. The van der Waals surface area contributed by atoms with Gasteiger partial charge in [0.1, 0.15) is 5.82 Å². The number of anilines is 1. The molecule has 2 N–H and O–H groups in total. The molecule has 6 nitrogen and oxygen atoms in total. The Kier molecular flexibility index (Phi) is 6.09. The van der Waals surface area contributed by atoms with Crippen molar-refractivity contribution >= 4 is 35.3 Å². The van der Waals surface area contributed by atoms with Crippen LogP contribution in [0, 0.1) is 19.7 Å². The van der Waals surface area contributed by atoms with E-state index in [9.17, 15) is 14.0 Å². The quantitative estimate of drug-likeness (QED) is 0.386. The molecule has 2 aromatic carbocycles. The predicted molar refractivity (Wildman–Crippen MR) is 111 cm³/mol. The van der Waals surface area contributed by atoms with Gasteiger partial charge in [-0.2, -0.15) is 5.10 Å². The summed E-state index contributed by atoms with van der Waals surface area (Å²) in [5.41, 5.74) is 5.85. The van der Waals surface area contributed by atoms with Crippen LogP contribution in [0.3, 0.4) is 0 Å². The Balaban J connectivity index is 1.68. The lowest BCUT2D eigenvalue weighted by Gasteiger charge is -2.09. The minimum absolute atomic E-state index is 0.309. The highest BCUT2D eigenvalue weighted by Crippen LogP contribution is 2.21. The van der Waals surface area contributed by atoms with Crippen LogP contribution in [0.25, 0.3) is 5.69 Å². The number of carbonyl (C=O) groups is 2. The van der Waals surface area contributed by atoms with E-state index in [0.29, 0.717) is 10.7 Å². The van der Waals surface area contributed by atoms with Gasteiger partial charge in [0.25, 0.3) is 0 Å². The van der Waals surface area contributed by atoms with Crippen LogP contribution in [0.1, 0.15) is 17.0 Å².